The van der Waals surface area contributed by atoms with E-state index in [1.165, 1.54) is 0 Å². The number of hydrogen-bond acceptors (Lipinski definition) is 3. The lowest BCUT2D eigenvalue weighted by Crippen LogP contribution is -2.22. The van der Waals surface area contributed by atoms with Crippen LogP contribution in [0.4, 0.5) is 0 Å². The van der Waals surface area contributed by atoms with Crippen LogP contribution < -0.4 is 4.74 Å². The number of benzene rings is 1. The van der Waals surface area contributed by atoms with Gasteiger partial charge < -0.3 is 4.74 Å². The van der Waals surface area contributed by atoms with E-state index in [0.29, 0.717) is 10.8 Å². The Morgan fingerprint density at radius 3 is 2.89 bits per heavy atom. The van der Waals surface area contributed by atoms with Crippen LogP contribution in [0.25, 0.3) is 0 Å². The molecule has 0 spiro atoms. The Labute approximate surface area is 110 Å². The first-order valence-electron chi connectivity index (χ1n) is 5.55. The number of ether oxygens (including phenoxy) is 1. The molecule has 0 aliphatic rings. The van der Waals surface area contributed by atoms with Crippen molar-refractivity contribution in [1.82, 2.24) is 9.78 Å². The van der Waals surface area contributed by atoms with Crippen LogP contribution in [0.15, 0.2) is 36.7 Å². The number of hydrogen-bond donors (Lipinski definition) is 0. The Morgan fingerprint density at radius 2 is 2.28 bits per heavy atom. The topological polar surface area (TPSA) is 44.1 Å². The molecular weight excluding hydrogens is 252 g/mol. The Kier molecular flexibility index (Phi) is 3.67. The minimum absolute atomic E-state index is 0.357. The fourth-order valence-electron chi connectivity index (χ4n) is 1.54. The van der Waals surface area contributed by atoms with E-state index in [1.54, 1.807) is 48.3 Å². The predicted octanol–water partition coefficient (Wildman–Crippen LogP) is 3.01. The van der Waals surface area contributed by atoms with Crippen LogP contribution in [0.5, 0.6) is 5.75 Å². The quantitative estimate of drug-likeness (QED) is 0.632. The average molecular weight is 265 g/mol. The summed E-state index contributed by atoms with van der Waals surface area (Å²) >= 11 is 5.84. The van der Waals surface area contributed by atoms with Crippen molar-refractivity contribution < 1.29 is 9.53 Å². The van der Waals surface area contributed by atoms with Crippen molar-refractivity contribution in [2.24, 2.45) is 0 Å². The van der Waals surface area contributed by atoms with Gasteiger partial charge in [-0.1, -0.05) is 11.6 Å². The highest BCUT2D eigenvalue weighted by Gasteiger charge is 2.18. The maximum Gasteiger partial charge on any atom is 0.336 e. The molecule has 1 atom stereocenters. The largest absolute Gasteiger partial charge is 0.425 e. The van der Waals surface area contributed by atoms with Crippen LogP contribution >= 0.6 is 11.6 Å². The Morgan fingerprint density at radius 1 is 1.50 bits per heavy atom. The second-order valence-electron chi connectivity index (χ2n) is 3.99. The molecule has 0 fully saturated rings. The van der Waals surface area contributed by atoms with Gasteiger partial charge in [0, 0.05) is 17.4 Å². The van der Waals surface area contributed by atoms with E-state index in [2.05, 4.69) is 5.10 Å². The van der Waals surface area contributed by atoms with Gasteiger partial charge >= 0.3 is 5.97 Å². The summed E-state index contributed by atoms with van der Waals surface area (Å²) in [7, 11) is 0. The van der Waals surface area contributed by atoms with E-state index in [9.17, 15) is 4.79 Å². The van der Waals surface area contributed by atoms with Gasteiger partial charge in [-0.05, 0) is 43.7 Å². The highest BCUT2D eigenvalue weighted by Crippen LogP contribution is 2.23. The van der Waals surface area contributed by atoms with Crippen molar-refractivity contribution >= 4 is 17.6 Å². The van der Waals surface area contributed by atoms with Gasteiger partial charge in [-0.2, -0.15) is 5.10 Å². The Bertz CT molecular complexity index is 552. The molecule has 1 aromatic carbocycles. The summed E-state index contributed by atoms with van der Waals surface area (Å²) < 4.78 is 6.88. The standard InChI is InChI=1S/C13H13ClN2O2/c1-9-8-11(14)4-5-12(9)18-13(17)10(2)16-7-3-6-15-16/h3-8,10H,1-2H3. The number of aromatic nitrogens is 2. The Hall–Kier alpha value is -1.81. The lowest BCUT2D eigenvalue weighted by atomic mass is 10.2. The van der Waals surface area contributed by atoms with Gasteiger partial charge in [0.1, 0.15) is 11.8 Å². The van der Waals surface area contributed by atoms with E-state index >= 15 is 0 Å². The maximum atomic E-state index is 11.9. The molecule has 4 nitrogen and oxygen atoms in total. The molecule has 2 aromatic rings. The predicted molar refractivity (Wildman–Crippen MR) is 68.8 cm³/mol. The van der Waals surface area contributed by atoms with Gasteiger partial charge in [0.25, 0.3) is 0 Å². The molecule has 0 N–H and O–H groups in total. The zero-order chi connectivity index (χ0) is 13.1. The van der Waals surface area contributed by atoms with E-state index in [4.69, 9.17) is 16.3 Å². The number of esters is 1. The van der Waals surface area contributed by atoms with E-state index in [1.807, 2.05) is 6.92 Å². The minimum atomic E-state index is -0.463. The summed E-state index contributed by atoms with van der Waals surface area (Å²) in [5.74, 6) is 0.160. The molecule has 5 heteroatoms. The second kappa shape index (κ2) is 5.23. The first-order valence-corrected chi connectivity index (χ1v) is 5.92. The molecule has 18 heavy (non-hydrogen) atoms. The normalized spacial score (nSPS) is 12.2. The first kappa shape index (κ1) is 12.6. The summed E-state index contributed by atoms with van der Waals surface area (Å²) in [6, 6.07) is 6.43. The molecule has 0 saturated heterocycles. The lowest BCUT2D eigenvalue weighted by molar-refractivity contribution is -0.137. The van der Waals surface area contributed by atoms with Crippen LogP contribution in [0.3, 0.4) is 0 Å². The summed E-state index contributed by atoms with van der Waals surface area (Å²) in [6.45, 7) is 3.58. The SMILES string of the molecule is Cc1cc(Cl)ccc1OC(=O)C(C)n1cccn1. The molecule has 0 amide bonds. The molecule has 0 aliphatic carbocycles. The van der Waals surface area contributed by atoms with Crippen molar-refractivity contribution in [3.63, 3.8) is 0 Å². The number of rotatable bonds is 3. The molecule has 0 saturated carbocycles. The summed E-state index contributed by atoms with van der Waals surface area (Å²) in [6.07, 6.45) is 3.35. The minimum Gasteiger partial charge on any atom is -0.425 e. The highest BCUT2D eigenvalue weighted by molar-refractivity contribution is 6.30. The highest BCUT2D eigenvalue weighted by atomic mass is 35.5. The molecule has 94 valence electrons. The summed E-state index contributed by atoms with van der Waals surface area (Å²) in [5, 5.41) is 4.63. The van der Waals surface area contributed by atoms with Crippen LogP contribution in [-0.4, -0.2) is 15.7 Å². The average Bonchev–Trinajstić information content (AvgIpc) is 2.85. The van der Waals surface area contributed by atoms with E-state index in [-0.39, 0.29) is 5.97 Å². The van der Waals surface area contributed by atoms with Gasteiger partial charge in [-0.3, -0.25) is 4.68 Å². The van der Waals surface area contributed by atoms with Gasteiger partial charge in [0.15, 0.2) is 0 Å². The van der Waals surface area contributed by atoms with E-state index in [0.717, 1.165) is 5.56 Å². The summed E-state index contributed by atoms with van der Waals surface area (Å²) in [5.41, 5.74) is 0.823. The molecule has 2 rings (SSSR count). The molecule has 1 unspecified atom stereocenters. The number of carbonyl (C=O) groups excluding carboxylic acids is 1. The van der Waals surface area contributed by atoms with Gasteiger partial charge in [-0.25, -0.2) is 4.79 Å². The zero-order valence-electron chi connectivity index (χ0n) is 10.1. The number of nitrogens with zero attached hydrogens (tertiary/aromatic N) is 2. The maximum absolute atomic E-state index is 11.9. The molecule has 1 heterocycles. The molecular formula is C13H13ClN2O2. The van der Waals surface area contributed by atoms with Crippen molar-refractivity contribution in [3.05, 3.63) is 47.2 Å². The van der Waals surface area contributed by atoms with Crippen LogP contribution in [0.1, 0.15) is 18.5 Å². The zero-order valence-corrected chi connectivity index (χ0v) is 10.9. The molecule has 0 radical (unpaired) electrons. The number of carbonyl (C=O) groups is 1. The molecule has 1 aromatic heterocycles. The van der Waals surface area contributed by atoms with Gasteiger partial charge in [-0.15, -0.1) is 0 Å². The van der Waals surface area contributed by atoms with Crippen molar-refractivity contribution in [1.29, 1.82) is 0 Å². The lowest BCUT2D eigenvalue weighted by Gasteiger charge is -2.13. The third-order valence-corrected chi connectivity index (χ3v) is 2.85. The van der Waals surface area contributed by atoms with Crippen LogP contribution in [0.2, 0.25) is 5.02 Å². The molecule has 0 bridgehead atoms. The number of halogens is 1. The third-order valence-electron chi connectivity index (χ3n) is 2.61. The fraction of sp³-hybridized carbons (Fsp3) is 0.231. The number of aryl methyl sites for hydroxylation is 1. The van der Waals surface area contributed by atoms with Crippen molar-refractivity contribution in [3.8, 4) is 5.75 Å². The van der Waals surface area contributed by atoms with Gasteiger partial charge in [0.2, 0.25) is 0 Å². The van der Waals surface area contributed by atoms with Crippen molar-refractivity contribution in [2.75, 3.05) is 0 Å². The third kappa shape index (κ3) is 2.71. The smallest absolute Gasteiger partial charge is 0.336 e. The van der Waals surface area contributed by atoms with Crippen LogP contribution in [-0.2, 0) is 4.79 Å². The second-order valence-corrected chi connectivity index (χ2v) is 4.43. The van der Waals surface area contributed by atoms with Crippen LogP contribution in [0, 0.1) is 6.92 Å². The monoisotopic (exact) mass is 264 g/mol. The summed E-state index contributed by atoms with van der Waals surface area (Å²) in [4.78, 5) is 11.9. The fourth-order valence-corrected chi connectivity index (χ4v) is 1.77. The van der Waals surface area contributed by atoms with E-state index < -0.39 is 6.04 Å². The Balaban J connectivity index is 2.12. The van der Waals surface area contributed by atoms with Crippen molar-refractivity contribution in [2.45, 2.75) is 19.9 Å². The first-order chi connectivity index (χ1) is 8.58. The molecule has 0 aliphatic heterocycles. The van der Waals surface area contributed by atoms with Gasteiger partial charge in [0.05, 0.1) is 0 Å².